The number of hydrogen-bond acceptors (Lipinski definition) is 2. The van der Waals surface area contributed by atoms with Crippen molar-refractivity contribution in [2.45, 2.75) is 30.7 Å². The molecule has 2 aliphatic heterocycles. The van der Waals surface area contributed by atoms with E-state index in [2.05, 4.69) is 72.5 Å². The zero-order valence-electron chi connectivity index (χ0n) is 15.3. The van der Waals surface area contributed by atoms with Crippen molar-refractivity contribution in [3.05, 3.63) is 46.5 Å². The Hall–Kier alpha value is -0.600. The summed E-state index contributed by atoms with van der Waals surface area (Å²) in [5.41, 5.74) is 1.70. The van der Waals surface area contributed by atoms with Crippen molar-refractivity contribution in [1.82, 2.24) is 15.1 Å². The number of guanidine groups is 1. The highest BCUT2D eigenvalue weighted by Crippen LogP contribution is 2.49. The third kappa shape index (κ3) is 4.12. The van der Waals surface area contributed by atoms with Crippen LogP contribution in [0.3, 0.4) is 0 Å². The molecule has 1 atom stereocenters. The third-order valence-corrected chi connectivity index (χ3v) is 6.61. The van der Waals surface area contributed by atoms with Crippen molar-refractivity contribution in [3.63, 3.8) is 0 Å². The molecule has 1 N–H and O–H groups in total. The molecule has 3 aliphatic rings. The summed E-state index contributed by atoms with van der Waals surface area (Å²) in [6.07, 6.45) is 8.30. The first-order valence-corrected chi connectivity index (χ1v) is 10.1. The molecule has 4 rings (SSSR count). The first-order chi connectivity index (χ1) is 12.2. The Kier molecular flexibility index (Phi) is 6.67. The molecule has 1 aromatic carbocycles. The molecule has 2 fully saturated rings. The van der Waals surface area contributed by atoms with E-state index in [0.29, 0.717) is 6.04 Å². The minimum absolute atomic E-state index is 0. The molecule has 4 nitrogen and oxygen atoms in total. The van der Waals surface area contributed by atoms with Gasteiger partial charge in [0, 0.05) is 55.7 Å². The lowest BCUT2D eigenvalue weighted by atomic mass is 9.96. The van der Waals surface area contributed by atoms with Crippen LogP contribution < -0.4 is 5.32 Å². The molecule has 6 heteroatoms. The van der Waals surface area contributed by atoms with Gasteiger partial charge in [0.2, 0.25) is 0 Å². The summed E-state index contributed by atoms with van der Waals surface area (Å²) in [7, 11) is 1.91. The maximum absolute atomic E-state index is 4.56. The van der Waals surface area contributed by atoms with Crippen LogP contribution in [-0.2, 0) is 5.41 Å². The van der Waals surface area contributed by atoms with E-state index in [1.54, 1.807) is 0 Å². The minimum Gasteiger partial charge on any atom is -0.355 e. The molecular weight excluding hydrogens is 503 g/mol. The fourth-order valence-electron chi connectivity index (χ4n) is 4.19. The van der Waals surface area contributed by atoms with E-state index in [1.165, 1.54) is 29.3 Å². The summed E-state index contributed by atoms with van der Waals surface area (Å²) >= 11 is 3.73. The Balaban J connectivity index is 0.00000196. The van der Waals surface area contributed by atoms with E-state index in [1.807, 2.05) is 7.05 Å². The standard InChI is InChI=1S/C20H27BrN4.HI/c1-22-19(25-13-8-16(14-25)24-11-4-5-12-24)23-15-20(9-10-20)17-6-2-3-7-18(17)21;/h2-7,16H,8-15H2,1H3,(H,22,23);1H. The maximum Gasteiger partial charge on any atom is 0.193 e. The molecular formula is C20H28BrIN4. The molecule has 0 aromatic heterocycles. The lowest BCUT2D eigenvalue weighted by molar-refractivity contribution is 0.259. The number of halogens is 2. The molecule has 1 saturated carbocycles. The largest absolute Gasteiger partial charge is 0.355 e. The van der Waals surface area contributed by atoms with Crippen LogP contribution in [0, 0.1) is 0 Å². The number of rotatable bonds is 4. The Labute approximate surface area is 182 Å². The molecule has 2 heterocycles. The number of hydrogen-bond donors (Lipinski definition) is 1. The highest BCUT2D eigenvalue weighted by Gasteiger charge is 2.45. The van der Waals surface area contributed by atoms with Crippen LogP contribution in [0.25, 0.3) is 0 Å². The summed E-state index contributed by atoms with van der Waals surface area (Å²) in [5.74, 6) is 1.06. The quantitative estimate of drug-likeness (QED) is 0.279. The molecule has 1 aromatic rings. The van der Waals surface area contributed by atoms with Gasteiger partial charge in [-0.05, 0) is 30.9 Å². The van der Waals surface area contributed by atoms with Gasteiger partial charge in [-0.1, -0.05) is 46.3 Å². The Bertz CT molecular complexity index is 678. The van der Waals surface area contributed by atoms with Gasteiger partial charge in [-0.2, -0.15) is 0 Å². The van der Waals surface area contributed by atoms with E-state index in [0.717, 1.165) is 38.7 Å². The second-order valence-corrected chi connectivity index (χ2v) is 8.33. The molecule has 1 aliphatic carbocycles. The van der Waals surface area contributed by atoms with Crippen LogP contribution in [0.15, 0.2) is 45.9 Å². The topological polar surface area (TPSA) is 30.9 Å². The molecule has 0 bridgehead atoms. The van der Waals surface area contributed by atoms with E-state index in [4.69, 9.17) is 0 Å². The molecule has 0 amide bonds. The molecule has 142 valence electrons. The van der Waals surface area contributed by atoms with Crippen molar-refractivity contribution in [3.8, 4) is 0 Å². The van der Waals surface area contributed by atoms with Crippen molar-refractivity contribution in [1.29, 1.82) is 0 Å². The average Bonchev–Trinajstić information content (AvgIpc) is 3.03. The number of benzene rings is 1. The van der Waals surface area contributed by atoms with Crippen molar-refractivity contribution in [2.75, 3.05) is 39.8 Å². The van der Waals surface area contributed by atoms with Crippen LogP contribution in [0.4, 0.5) is 0 Å². The smallest absolute Gasteiger partial charge is 0.193 e. The predicted molar refractivity (Wildman–Crippen MR) is 123 cm³/mol. The van der Waals surface area contributed by atoms with Gasteiger partial charge in [-0.15, -0.1) is 24.0 Å². The zero-order chi connectivity index (χ0) is 17.3. The maximum atomic E-state index is 4.56. The number of nitrogens with zero attached hydrogens (tertiary/aromatic N) is 3. The van der Waals surface area contributed by atoms with Gasteiger partial charge in [-0.3, -0.25) is 9.89 Å². The van der Waals surface area contributed by atoms with Crippen LogP contribution in [0.2, 0.25) is 0 Å². The Morgan fingerprint density at radius 2 is 2.00 bits per heavy atom. The monoisotopic (exact) mass is 530 g/mol. The van der Waals surface area contributed by atoms with E-state index in [-0.39, 0.29) is 29.4 Å². The summed E-state index contributed by atoms with van der Waals surface area (Å²) in [4.78, 5) is 9.56. The number of nitrogens with one attached hydrogen (secondary N) is 1. The summed E-state index contributed by atoms with van der Waals surface area (Å²) in [6, 6.07) is 9.30. The Morgan fingerprint density at radius 1 is 1.27 bits per heavy atom. The van der Waals surface area contributed by atoms with E-state index in [9.17, 15) is 0 Å². The van der Waals surface area contributed by atoms with Gasteiger partial charge in [0.25, 0.3) is 0 Å². The van der Waals surface area contributed by atoms with Crippen molar-refractivity contribution < 1.29 is 0 Å². The van der Waals surface area contributed by atoms with Crippen LogP contribution >= 0.6 is 39.9 Å². The lowest BCUT2D eigenvalue weighted by Crippen LogP contribution is -2.45. The number of likely N-dealkylation sites (tertiary alicyclic amines) is 1. The van der Waals surface area contributed by atoms with Gasteiger partial charge >= 0.3 is 0 Å². The van der Waals surface area contributed by atoms with E-state index >= 15 is 0 Å². The first-order valence-electron chi connectivity index (χ1n) is 9.31. The van der Waals surface area contributed by atoms with Crippen LogP contribution in [-0.4, -0.2) is 61.6 Å². The summed E-state index contributed by atoms with van der Waals surface area (Å²) < 4.78 is 1.23. The third-order valence-electron chi connectivity index (χ3n) is 5.92. The predicted octanol–water partition coefficient (Wildman–Crippen LogP) is 3.62. The first kappa shape index (κ1) is 20.1. The van der Waals surface area contributed by atoms with Gasteiger partial charge in [-0.25, -0.2) is 0 Å². The van der Waals surface area contributed by atoms with Crippen LogP contribution in [0.1, 0.15) is 24.8 Å². The van der Waals surface area contributed by atoms with Crippen molar-refractivity contribution in [2.24, 2.45) is 4.99 Å². The Morgan fingerprint density at radius 3 is 2.65 bits per heavy atom. The zero-order valence-corrected chi connectivity index (χ0v) is 19.2. The van der Waals surface area contributed by atoms with E-state index < -0.39 is 0 Å². The highest BCUT2D eigenvalue weighted by molar-refractivity contribution is 14.0. The van der Waals surface area contributed by atoms with Crippen LogP contribution in [0.5, 0.6) is 0 Å². The minimum atomic E-state index is 0. The second kappa shape index (κ2) is 8.61. The fourth-order valence-corrected chi connectivity index (χ4v) is 4.89. The fraction of sp³-hybridized carbons (Fsp3) is 0.550. The van der Waals surface area contributed by atoms with Gasteiger partial charge in [0.1, 0.15) is 0 Å². The molecule has 26 heavy (non-hydrogen) atoms. The normalized spacial score (nSPS) is 24.6. The van der Waals surface area contributed by atoms with Gasteiger partial charge in [0.05, 0.1) is 0 Å². The van der Waals surface area contributed by atoms with Crippen molar-refractivity contribution >= 4 is 45.9 Å². The van der Waals surface area contributed by atoms with Gasteiger partial charge < -0.3 is 10.2 Å². The molecule has 0 spiro atoms. The molecule has 1 unspecified atom stereocenters. The SMILES string of the molecule is CN=C(NCC1(c2ccccc2Br)CC1)N1CCC(N2CC=CC2)C1.I. The highest BCUT2D eigenvalue weighted by atomic mass is 127. The lowest BCUT2D eigenvalue weighted by Gasteiger charge is -2.27. The second-order valence-electron chi connectivity index (χ2n) is 7.47. The summed E-state index contributed by atoms with van der Waals surface area (Å²) in [5, 5.41) is 3.67. The van der Waals surface area contributed by atoms with Gasteiger partial charge in [0.15, 0.2) is 5.96 Å². The average molecular weight is 531 g/mol. The molecule has 1 saturated heterocycles. The molecule has 0 radical (unpaired) electrons. The summed E-state index contributed by atoms with van der Waals surface area (Å²) in [6.45, 7) is 5.37. The number of aliphatic imine (C=N–C) groups is 1.